The average Bonchev–Trinajstić information content (AvgIpc) is 2.52. The van der Waals surface area contributed by atoms with Crippen LogP contribution in [0.5, 0.6) is 0 Å². The molecule has 0 bridgehead atoms. The van der Waals surface area contributed by atoms with Crippen LogP contribution in [0.25, 0.3) is 0 Å². The van der Waals surface area contributed by atoms with E-state index in [0.717, 1.165) is 37.1 Å². The fourth-order valence-corrected chi connectivity index (χ4v) is 2.65. The molecule has 1 atom stereocenters. The number of aliphatic hydroxyl groups is 1. The van der Waals surface area contributed by atoms with Crippen LogP contribution in [0.4, 0.5) is 10.5 Å². The number of amides is 2. The molecule has 0 aromatic heterocycles. The molecule has 2 N–H and O–H groups in total. The van der Waals surface area contributed by atoms with Crippen LogP contribution in [0.2, 0.25) is 0 Å². The minimum Gasteiger partial charge on any atom is -0.394 e. The molecule has 1 aliphatic heterocycles. The molecule has 1 fully saturated rings. The maximum atomic E-state index is 12.2. The molecular weight excluding hydrogens is 266 g/mol. The van der Waals surface area contributed by atoms with E-state index in [0.29, 0.717) is 6.54 Å². The third kappa shape index (κ3) is 4.11. The Kier molecular flexibility index (Phi) is 5.44. The smallest absolute Gasteiger partial charge is 0.317 e. The highest BCUT2D eigenvalue weighted by Crippen LogP contribution is 2.17. The molecule has 5 heteroatoms. The van der Waals surface area contributed by atoms with E-state index in [-0.39, 0.29) is 18.7 Å². The third-order valence-corrected chi connectivity index (χ3v) is 4.00. The number of benzene rings is 1. The number of carbonyl (C=O) groups is 1. The second kappa shape index (κ2) is 7.31. The average molecular weight is 291 g/mol. The Morgan fingerprint density at radius 3 is 2.67 bits per heavy atom. The second-order valence-corrected chi connectivity index (χ2v) is 5.75. The highest BCUT2D eigenvalue weighted by atomic mass is 16.3. The monoisotopic (exact) mass is 291 g/mol. The van der Waals surface area contributed by atoms with Crippen LogP contribution in [-0.2, 0) is 6.54 Å². The first-order valence-corrected chi connectivity index (χ1v) is 7.53. The van der Waals surface area contributed by atoms with Gasteiger partial charge in [-0.05, 0) is 37.0 Å². The third-order valence-electron chi connectivity index (χ3n) is 4.00. The molecule has 21 heavy (non-hydrogen) atoms. The minimum atomic E-state index is -0.0783. The zero-order valence-electron chi connectivity index (χ0n) is 12.9. The van der Waals surface area contributed by atoms with Gasteiger partial charge < -0.3 is 20.2 Å². The lowest BCUT2D eigenvalue weighted by Gasteiger charge is -2.34. The number of nitrogens with one attached hydrogen (secondary N) is 1. The number of hydrogen-bond donors (Lipinski definition) is 2. The zero-order valence-corrected chi connectivity index (χ0v) is 12.9. The summed E-state index contributed by atoms with van der Waals surface area (Å²) in [5, 5.41) is 12.3. The van der Waals surface area contributed by atoms with E-state index in [9.17, 15) is 9.90 Å². The second-order valence-electron chi connectivity index (χ2n) is 5.75. The van der Waals surface area contributed by atoms with Crippen molar-refractivity contribution in [2.45, 2.75) is 31.8 Å². The van der Waals surface area contributed by atoms with E-state index in [1.54, 1.807) is 4.90 Å². The van der Waals surface area contributed by atoms with E-state index in [2.05, 4.69) is 5.32 Å². The van der Waals surface area contributed by atoms with Crippen molar-refractivity contribution >= 4 is 11.7 Å². The summed E-state index contributed by atoms with van der Waals surface area (Å²) in [6, 6.07) is 8.02. The Morgan fingerprint density at radius 1 is 1.33 bits per heavy atom. The molecular formula is C16H25N3O2. The summed E-state index contributed by atoms with van der Waals surface area (Å²) < 4.78 is 0. The zero-order chi connectivity index (χ0) is 15.2. The minimum absolute atomic E-state index is 0.0325. The lowest BCUT2D eigenvalue weighted by molar-refractivity contribution is 0.108. The Bertz CT molecular complexity index is 459. The molecule has 0 saturated carbocycles. The van der Waals surface area contributed by atoms with Crippen LogP contribution < -0.4 is 10.2 Å². The number of hydrogen-bond acceptors (Lipinski definition) is 3. The number of nitrogens with zero attached hydrogens (tertiary/aromatic N) is 2. The molecule has 2 rings (SSSR count). The van der Waals surface area contributed by atoms with Crippen molar-refractivity contribution < 1.29 is 9.90 Å². The van der Waals surface area contributed by atoms with Gasteiger partial charge in [0.1, 0.15) is 0 Å². The summed E-state index contributed by atoms with van der Waals surface area (Å²) in [6.07, 6.45) is 2.99. The van der Waals surface area contributed by atoms with Gasteiger partial charge in [0.05, 0.1) is 12.6 Å². The summed E-state index contributed by atoms with van der Waals surface area (Å²) in [5.74, 6) is 0. The molecule has 1 aliphatic rings. The summed E-state index contributed by atoms with van der Waals surface area (Å²) in [4.78, 5) is 16.0. The van der Waals surface area contributed by atoms with E-state index < -0.39 is 0 Å². The van der Waals surface area contributed by atoms with Crippen molar-refractivity contribution in [1.82, 2.24) is 10.2 Å². The van der Waals surface area contributed by atoms with Crippen LogP contribution >= 0.6 is 0 Å². The fraction of sp³-hybridized carbons (Fsp3) is 0.562. The Morgan fingerprint density at radius 2 is 2.05 bits per heavy atom. The van der Waals surface area contributed by atoms with Crippen molar-refractivity contribution in [3.63, 3.8) is 0 Å². The first kappa shape index (κ1) is 15.6. The first-order valence-electron chi connectivity index (χ1n) is 7.53. The predicted molar refractivity (Wildman–Crippen MR) is 84.4 cm³/mol. The van der Waals surface area contributed by atoms with Crippen LogP contribution in [-0.4, -0.2) is 49.3 Å². The van der Waals surface area contributed by atoms with Gasteiger partial charge in [-0.3, -0.25) is 0 Å². The molecule has 0 aliphatic carbocycles. The molecule has 1 aromatic carbocycles. The summed E-state index contributed by atoms with van der Waals surface area (Å²) in [6.45, 7) is 1.29. The first-order chi connectivity index (χ1) is 10.1. The lowest BCUT2D eigenvalue weighted by Crippen LogP contribution is -2.49. The molecule has 0 spiro atoms. The molecule has 1 saturated heterocycles. The molecule has 1 aromatic rings. The van der Waals surface area contributed by atoms with Gasteiger partial charge >= 0.3 is 6.03 Å². The van der Waals surface area contributed by atoms with Crippen LogP contribution in [0.15, 0.2) is 24.3 Å². The van der Waals surface area contributed by atoms with Crippen molar-refractivity contribution in [2.75, 3.05) is 32.1 Å². The SMILES string of the molecule is CN(C)c1ccc(CNC(=O)N2CCCC[C@H]2CO)cc1. The van der Waals surface area contributed by atoms with E-state index in [1.807, 2.05) is 43.3 Å². The van der Waals surface area contributed by atoms with E-state index >= 15 is 0 Å². The van der Waals surface area contributed by atoms with Crippen molar-refractivity contribution in [2.24, 2.45) is 0 Å². The van der Waals surface area contributed by atoms with Crippen LogP contribution in [0, 0.1) is 0 Å². The maximum Gasteiger partial charge on any atom is 0.317 e. The fourth-order valence-electron chi connectivity index (χ4n) is 2.65. The van der Waals surface area contributed by atoms with Crippen LogP contribution in [0.3, 0.4) is 0 Å². The number of rotatable bonds is 4. The molecule has 1 heterocycles. The van der Waals surface area contributed by atoms with Gasteiger partial charge in [-0.15, -0.1) is 0 Å². The number of anilines is 1. The quantitative estimate of drug-likeness (QED) is 0.889. The molecule has 5 nitrogen and oxygen atoms in total. The summed E-state index contributed by atoms with van der Waals surface area (Å²) in [7, 11) is 4.00. The molecule has 2 amide bonds. The summed E-state index contributed by atoms with van der Waals surface area (Å²) >= 11 is 0. The number of urea groups is 1. The van der Waals surface area contributed by atoms with Gasteiger partial charge in [-0.2, -0.15) is 0 Å². The predicted octanol–water partition coefficient (Wildman–Crippen LogP) is 1.81. The maximum absolute atomic E-state index is 12.2. The van der Waals surface area contributed by atoms with Crippen molar-refractivity contribution in [3.05, 3.63) is 29.8 Å². The molecule has 116 valence electrons. The number of piperidine rings is 1. The number of likely N-dealkylation sites (tertiary alicyclic amines) is 1. The van der Waals surface area contributed by atoms with E-state index in [1.165, 1.54) is 0 Å². The standard InChI is InChI=1S/C16H25N3O2/c1-18(2)14-8-6-13(7-9-14)11-17-16(21)19-10-4-3-5-15(19)12-20/h6-9,15,20H,3-5,10-12H2,1-2H3,(H,17,21)/t15-/m0/s1. The van der Waals surface area contributed by atoms with E-state index in [4.69, 9.17) is 0 Å². The highest BCUT2D eigenvalue weighted by Gasteiger charge is 2.25. The van der Waals surface area contributed by atoms with Gasteiger partial charge in [0, 0.05) is 32.9 Å². The Labute approximate surface area is 126 Å². The normalized spacial score (nSPS) is 18.4. The number of aliphatic hydroxyl groups excluding tert-OH is 1. The van der Waals surface area contributed by atoms with Gasteiger partial charge in [0.25, 0.3) is 0 Å². The van der Waals surface area contributed by atoms with Crippen LogP contribution in [0.1, 0.15) is 24.8 Å². The largest absolute Gasteiger partial charge is 0.394 e. The van der Waals surface area contributed by atoms with Gasteiger partial charge in [-0.1, -0.05) is 12.1 Å². The van der Waals surface area contributed by atoms with Gasteiger partial charge in [-0.25, -0.2) is 4.79 Å². The van der Waals surface area contributed by atoms with Crippen molar-refractivity contribution in [3.8, 4) is 0 Å². The topological polar surface area (TPSA) is 55.8 Å². The number of carbonyl (C=O) groups excluding carboxylic acids is 1. The Balaban J connectivity index is 1.88. The van der Waals surface area contributed by atoms with Gasteiger partial charge in [0.15, 0.2) is 0 Å². The summed E-state index contributed by atoms with van der Waals surface area (Å²) in [5.41, 5.74) is 2.22. The highest BCUT2D eigenvalue weighted by molar-refractivity contribution is 5.74. The van der Waals surface area contributed by atoms with Gasteiger partial charge in [0.2, 0.25) is 0 Å². The molecule has 0 unspecified atom stereocenters. The molecule has 0 radical (unpaired) electrons. The lowest BCUT2D eigenvalue weighted by atomic mass is 10.0. The Hall–Kier alpha value is -1.75. The van der Waals surface area contributed by atoms with Crippen molar-refractivity contribution in [1.29, 1.82) is 0 Å².